The van der Waals surface area contributed by atoms with Crippen LogP contribution in [0.25, 0.3) is 0 Å². The van der Waals surface area contributed by atoms with Gasteiger partial charge in [-0.3, -0.25) is 9.36 Å². The molecule has 0 aliphatic rings. The molecule has 0 unspecified atom stereocenters. The molecule has 0 fully saturated rings. The minimum Gasteiger partial charge on any atom is -0.497 e. The molecule has 7 heteroatoms. The highest BCUT2D eigenvalue weighted by molar-refractivity contribution is 7.52. The van der Waals surface area contributed by atoms with Crippen molar-refractivity contribution in [3.63, 3.8) is 0 Å². The third-order valence-electron chi connectivity index (χ3n) is 2.36. The van der Waals surface area contributed by atoms with E-state index < -0.39 is 19.3 Å². The molecule has 0 aromatic heterocycles. The third-order valence-corrected chi connectivity index (χ3v) is 3.49. The van der Waals surface area contributed by atoms with Gasteiger partial charge in [-0.25, -0.2) is 0 Å². The Bertz CT molecular complexity index is 453. The number of hydrogen-bond donors (Lipinski definition) is 3. The predicted molar refractivity (Wildman–Crippen MR) is 66.3 cm³/mol. The van der Waals surface area contributed by atoms with Gasteiger partial charge >= 0.3 is 7.60 Å². The van der Waals surface area contributed by atoms with Crippen molar-refractivity contribution in [2.75, 3.05) is 7.11 Å². The van der Waals surface area contributed by atoms with Crippen LogP contribution < -0.4 is 10.1 Å². The second-order valence-electron chi connectivity index (χ2n) is 3.86. The number of amides is 1. The van der Waals surface area contributed by atoms with Gasteiger partial charge in [-0.05, 0) is 17.7 Å². The van der Waals surface area contributed by atoms with E-state index in [1.165, 1.54) is 14.0 Å². The lowest BCUT2D eigenvalue weighted by atomic mass is 10.1. The molecule has 0 spiro atoms. The van der Waals surface area contributed by atoms with Crippen molar-refractivity contribution in [3.8, 4) is 5.75 Å². The summed E-state index contributed by atoms with van der Waals surface area (Å²) in [5, 5.41) is 2.26. The molecule has 1 aromatic rings. The highest BCUT2D eigenvalue weighted by Crippen LogP contribution is 2.41. The zero-order valence-electron chi connectivity index (χ0n) is 10.2. The monoisotopic (exact) mass is 273 g/mol. The Morgan fingerprint density at radius 3 is 2.33 bits per heavy atom. The van der Waals surface area contributed by atoms with Crippen molar-refractivity contribution in [2.45, 2.75) is 19.1 Å². The van der Waals surface area contributed by atoms with Crippen LogP contribution in [0.1, 0.15) is 12.5 Å². The molecule has 0 heterocycles. The average molecular weight is 273 g/mol. The molecule has 1 amide bonds. The number of carbonyl (C=O) groups is 1. The highest BCUT2D eigenvalue weighted by Gasteiger charge is 2.29. The Balaban J connectivity index is 2.82. The number of benzene rings is 1. The van der Waals surface area contributed by atoms with Gasteiger partial charge in [0.25, 0.3) is 0 Å². The van der Waals surface area contributed by atoms with Crippen molar-refractivity contribution in [1.82, 2.24) is 5.32 Å². The van der Waals surface area contributed by atoms with Crippen molar-refractivity contribution >= 4 is 13.5 Å². The van der Waals surface area contributed by atoms with E-state index >= 15 is 0 Å². The van der Waals surface area contributed by atoms with E-state index in [0.717, 1.165) is 0 Å². The van der Waals surface area contributed by atoms with Gasteiger partial charge in [-0.2, -0.15) is 0 Å². The molecule has 1 aromatic carbocycles. The summed E-state index contributed by atoms with van der Waals surface area (Å²) in [6, 6.07) is 6.78. The van der Waals surface area contributed by atoms with Crippen LogP contribution in [-0.4, -0.2) is 28.6 Å². The van der Waals surface area contributed by atoms with Gasteiger partial charge < -0.3 is 19.8 Å². The first-order chi connectivity index (χ1) is 8.32. The number of methoxy groups -OCH3 is 1. The van der Waals surface area contributed by atoms with Crippen molar-refractivity contribution in [3.05, 3.63) is 29.8 Å². The Morgan fingerprint density at radius 1 is 1.39 bits per heavy atom. The first kappa shape index (κ1) is 14.7. The average Bonchev–Trinajstić information content (AvgIpc) is 2.27. The molecule has 0 radical (unpaired) electrons. The molecule has 100 valence electrons. The first-order valence-electron chi connectivity index (χ1n) is 5.28. The number of ether oxygens (including phenoxy) is 1. The summed E-state index contributed by atoms with van der Waals surface area (Å²) in [5.74, 6) is -1.02. The van der Waals surface area contributed by atoms with E-state index in [4.69, 9.17) is 14.5 Å². The molecule has 0 saturated carbocycles. The summed E-state index contributed by atoms with van der Waals surface area (Å²) >= 11 is 0. The maximum Gasteiger partial charge on any atom is 0.347 e. The molecule has 3 N–H and O–H groups in total. The summed E-state index contributed by atoms with van der Waals surface area (Å²) in [4.78, 5) is 29.2. The molecular weight excluding hydrogens is 257 g/mol. The van der Waals surface area contributed by atoms with Gasteiger partial charge in [0.05, 0.1) is 7.11 Å². The third kappa shape index (κ3) is 4.49. The second kappa shape index (κ2) is 6.00. The molecule has 1 rings (SSSR count). The van der Waals surface area contributed by atoms with Crippen LogP contribution in [0.15, 0.2) is 24.3 Å². The van der Waals surface area contributed by atoms with Crippen LogP contribution in [-0.2, 0) is 15.8 Å². The minimum atomic E-state index is -4.38. The van der Waals surface area contributed by atoms with Gasteiger partial charge in [0, 0.05) is 13.3 Å². The quantitative estimate of drug-likeness (QED) is 0.692. The molecular formula is C11H16NO5P. The van der Waals surface area contributed by atoms with Crippen LogP contribution in [0.2, 0.25) is 0 Å². The molecule has 0 aliphatic heterocycles. The summed E-state index contributed by atoms with van der Waals surface area (Å²) in [6.07, 6.45) is 0.0633. The van der Waals surface area contributed by atoms with E-state index in [2.05, 4.69) is 5.32 Å². The topological polar surface area (TPSA) is 95.9 Å². The lowest BCUT2D eigenvalue weighted by Gasteiger charge is -2.19. The number of hydrogen-bond acceptors (Lipinski definition) is 3. The van der Waals surface area contributed by atoms with E-state index in [0.29, 0.717) is 11.3 Å². The molecule has 1 atom stereocenters. The smallest absolute Gasteiger partial charge is 0.347 e. The zero-order chi connectivity index (χ0) is 13.8. The number of rotatable bonds is 5. The standard InChI is InChI=1S/C11H16NO5P/c1-8(13)12-11(18(14,15)16)7-9-3-5-10(17-2)6-4-9/h3-6,11H,7H2,1-2H3,(H,12,13)(H2,14,15,16)/t11-/m1/s1. The Hall–Kier alpha value is -1.36. The van der Waals surface area contributed by atoms with E-state index in [-0.39, 0.29) is 6.42 Å². The largest absolute Gasteiger partial charge is 0.497 e. The first-order valence-corrected chi connectivity index (χ1v) is 6.96. The van der Waals surface area contributed by atoms with E-state index in [9.17, 15) is 9.36 Å². The predicted octanol–water partition coefficient (Wildman–Crippen LogP) is 0.878. The van der Waals surface area contributed by atoms with Crippen LogP contribution in [0, 0.1) is 0 Å². The Kier molecular flexibility index (Phi) is 4.90. The number of nitrogens with one attached hydrogen (secondary N) is 1. The van der Waals surface area contributed by atoms with Crippen molar-refractivity contribution < 1.29 is 23.9 Å². The maximum absolute atomic E-state index is 11.2. The van der Waals surface area contributed by atoms with Crippen LogP contribution >= 0.6 is 7.60 Å². The summed E-state index contributed by atoms with van der Waals surface area (Å²) in [5.41, 5.74) is 0.706. The lowest BCUT2D eigenvalue weighted by molar-refractivity contribution is -0.119. The zero-order valence-corrected chi connectivity index (χ0v) is 11.1. The Morgan fingerprint density at radius 2 is 1.94 bits per heavy atom. The molecule has 0 bridgehead atoms. The van der Waals surface area contributed by atoms with Gasteiger partial charge in [0.1, 0.15) is 11.5 Å². The molecule has 18 heavy (non-hydrogen) atoms. The maximum atomic E-state index is 11.2. The fraction of sp³-hybridized carbons (Fsp3) is 0.364. The molecule has 6 nitrogen and oxygen atoms in total. The van der Waals surface area contributed by atoms with Crippen molar-refractivity contribution in [2.24, 2.45) is 0 Å². The van der Waals surface area contributed by atoms with Gasteiger partial charge in [0.15, 0.2) is 0 Å². The van der Waals surface area contributed by atoms with Crippen LogP contribution in [0.5, 0.6) is 5.75 Å². The minimum absolute atomic E-state index is 0.0633. The number of carbonyl (C=O) groups excluding carboxylic acids is 1. The molecule has 0 aliphatic carbocycles. The van der Waals surface area contributed by atoms with Crippen molar-refractivity contribution in [1.29, 1.82) is 0 Å². The Labute approximate surface area is 105 Å². The van der Waals surface area contributed by atoms with Gasteiger partial charge in [-0.1, -0.05) is 12.1 Å². The highest BCUT2D eigenvalue weighted by atomic mass is 31.2. The van der Waals surface area contributed by atoms with Gasteiger partial charge in [-0.15, -0.1) is 0 Å². The fourth-order valence-corrected chi connectivity index (χ4v) is 2.27. The van der Waals surface area contributed by atoms with E-state index in [1.54, 1.807) is 24.3 Å². The summed E-state index contributed by atoms with van der Waals surface area (Å²) in [6.45, 7) is 1.22. The van der Waals surface area contributed by atoms with Crippen LogP contribution in [0.3, 0.4) is 0 Å². The lowest BCUT2D eigenvalue weighted by Crippen LogP contribution is -2.34. The van der Waals surface area contributed by atoms with Crippen LogP contribution in [0.4, 0.5) is 0 Å². The fourth-order valence-electron chi connectivity index (χ4n) is 1.47. The van der Waals surface area contributed by atoms with Gasteiger partial charge in [0.2, 0.25) is 5.91 Å². The van der Waals surface area contributed by atoms with E-state index in [1.807, 2.05) is 0 Å². The SMILES string of the molecule is COc1ccc(C[C@H](NC(C)=O)P(=O)(O)O)cc1. The normalized spacial score (nSPS) is 12.9. The second-order valence-corrected chi connectivity index (χ2v) is 5.66. The summed E-state index contributed by atoms with van der Waals surface area (Å²) in [7, 11) is -2.84. The summed E-state index contributed by atoms with van der Waals surface area (Å²) < 4.78 is 16.2. The molecule has 0 saturated heterocycles.